The second-order valence-corrected chi connectivity index (χ2v) is 5.66. The maximum atomic E-state index is 12.5. The molecule has 5 heteroatoms. The van der Waals surface area contributed by atoms with Gasteiger partial charge in [-0.1, -0.05) is 30.3 Å². The van der Waals surface area contributed by atoms with Gasteiger partial charge in [-0.15, -0.1) is 0 Å². The van der Waals surface area contributed by atoms with Gasteiger partial charge in [-0.3, -0.25) is 4.79 Å². The lowest BCUT2D eigenvalue weighted by Crippen LogP contribution is -2.29. The van der Waals surface area contributed by atoms with Crippen molar-refractivity contribution in [3.63, 3.8) is 0 Å². The summed E-state index contributed by atoms with van der Waals surface area (Å²) in [6, 6.07) is 9.93. The van der Waals surface area contributed by atoms with Crippen LogP contribution in [0, 0.1) is 12.8 Å². The van der Waals surface area contributed by atoms with Crippen molar-refractivity contribution in [2.24, 2.45) is 13.0 Å². The first-order valence-corrected chi connectivity index (χ1v) is 7.64. The van der Waals surface area contributed by atoms with Crippen molar-refractivity contribution < 1.29 is 9.53 Å². The smallest absolute Gasteiger partial charge is 0.228 e. The topological polar surface area (TPSA) is 56.1 Å². The highest BCUT2D eigenvalue weighted by Gasteiger charge is 2.24. The van der Waals surface area contributed by atoms with Crippen LogP contribution in [0.2, 0.25) is 0 Å². The van der Waals surface area contributed by atoms with Crippen molar-refractivity contribution >= 4 is 11.7 Å². The second kappa shape index (κ2) is 6.32. The molecule has 0 unspecified atom stereocenters. The molecule has 2 aromatic rings. The zero-order chi connectivity index (χ0) is 15.5. The molecule has 0 spiro atoms. The summed E-state index contributed by atoms with van der Waals surface area (Å²) in [5.74, 6) is 1.72. The number of rotatable bonds is 3. The lowest BCUT2D eigenvalue weighted by molar-refractivity contribution is -0.122. The minimum atomic E-state index is 0.0209. The molecule has 0 saturated carbocycles. The number of carbonyl (C=O) groups excluding carboxylic acids is 1. The van der Waals surface area contributed by atoms with Crippen molar-refractivity contribution in [3.8, 4) is 11.3 Å². The van der Waals surface area contributed by atoms with Crippen molar-refractivity contribution in [1.82, 2.24) is 9.55 Å². The third-order valence-corrected chi connectivity index (χ3v) is 4.20. The van der Waals surface area contributed by atoms with Gasteiger partial charge in [0.1, 0.15) is 17.3 Å². The van der Waals surface area contributed by atoms with E-state index in [-0.39, 0.29) is 11.8 Å². The van der Waals surface area contributed by atoms with Crippen LogP contribution in [-0.4, -0.2) is 28.7 Å². The van der Waals surface area contributed by atoms with Crippen LogP contribution >= 0.6 is 0 Å². The SMILES string of the molecule is Cc1nc(-c2ccccc2)c(NC(=O)C2CCOCC2)n1C. The molecule has 1 saturated heterocycles. The van der Waals surface area contributed by atoms with Crippen molar-refractivity contribution in [2.75, 3.05) is 18.5 Å². The molecule has 2 heterocycles. The van der Waals surface area contributed by atoms with Crippen molar-refractivity contribution in [2.45, 2.75) is 19.8 Å². The molecule has 5 nitrogen and oxygen atoms in total. The van der Waals surface area contributed by atoms with E-state index in [0.29, 0.717) is 13.2 Å². The molecule has 1 aliphatic rings. The van der Waals surface area contributed by atoms with Crippen molar-refractivity contribution in [3.05, 3.63) is 36.2 Å². The first-order chi connectivity index (χ1) is 10.7. The second-order valence-electron chi connectivity index (χ2n) is 5.66. The molecule has 0 bridgehead atoms. The van der Waals surface area contributed by atoms with E-state index < -0.39 is 0 Å². The number of hydrogen-bond donors (Lipinski definition) is 1. The Morgan fingerprint density at radius 3 is 2.64 bits per heavy atom. The average molecular weight is 299 g/mol. The quantitative estimate of drug-likeness (QED) is 0.948. The van der Waals surface area contributed by atoms with Gasteiger partial charge >= 0.3 is 0 Å². The van der Waals surface area contributed by atoms with Gasteiger partial charge in [0, 0.05) is 31.7 Å². The highest BCUT2D eigenvalue weighted by molar-refractivity contribution is 5.95. The standard InChI is InChI=1S/C17H21N3O2/c1-12-18-15(13-6-4-3-5-7-13)16(20(12)2)19-17(21)14-8-10-22-11-9-14/h3-7,14H,8-11H2,1-2H3,(H,19,21). The van der Waals surface area contributed by atoms with Gasteiger partial charge in [0.25, 0.3) is 0 Å². The lowest BCUT2D eigenvalue weighted by atomic mass is 9.99. The number of ether oxygens (including phenoxy) is 1. The monoisotopic (exact) mass is 299 g/mol. The summed E-state index contributed by atoms with van der Waals surface area (Å²) in [5.41, 5.74) is 1.83. The fourth-order valence-corrected chi connectivity index (χ4v) is 2.73. The fourth-order valence-electron chi connectivity index (χ4n) is 2.73. The Kier molecular flexibility index (Phi) is 4.24. The number of hydrogen-bond acceptors (Lipinski definition) is 3. The molecule has 3 rings (SSSR count). The normalized spacial score (nSPS) is 15.7. The third kappa shape index (κ3) is 2.90. The summed E-state index contributed by atoms with van der Waals surface area (Å²) in [5, 5.41) is 3.07. The Morgan fingerprint density at radius 1 is 1.27 bits per heavy atom. The van der Waals surface area contributed by atoms with Crippen LogP contribution in [0.15, 0.2) is 30.3 Å². The van der Waals surface area contributed by atoms with Crippen LogP contribution in [0.1, 0.15) is 18.7 Å². The molecular formula is C17H21N3O2. The van der Waals surface area contributed by atoms with E-state index in [1.165, 1.54) is 0 Å². The van der Waals surface area contributed by atoms with Gasteiger partial charge in [0.2, 0.25) is 5.91 Å². The van der Waals surface area contributed by atoms with E-state index in [9.17, 15) is 4.79 Å². The van der Waals surface area contributed by atoms with Crippen LogP contribution in [0.3, 0.4) is 0 Å². The van der Waals surface area contributed by atoms with Gasteiger partial charge in [0.15, 0.2) is 0 Å². The third-order valence-electron chi connectivity index (χ3n) is 4.20. The molecule has 1 aromatic carbocycles. The Labute approximate surface area is 130 Å². The highest BCUT2D eigenvalue weighted by atomic mass is 16.5. The summed E-state index contributed by atoms with van der Waals surface area (Å²) in [6.07, 6.45) is 1.56. The number of imidazole rings is 1. The maximum Gasteiger partial charge on any atom is 0.228 e. The van der Waals surface area contributed by atoms with Gasteiger partial charge in [0.05, 0.1) is 0 Å². The van der Waals surface area contributed by atoms with Gasteiger partial charge in [-0.05, 0) is 19.8 Å². The first-order valence-electron chi connectivity index (χ1n) is 7.64. The minimum Gasteiger partial charge on any atom is -0.381 e. The molecule has 1 amide bonds. The summed E-state index contributed by atoms with van der Waals surface area (Å²) in [4.78, 5) is 17.1. The zero-order valence-electron chi connectivity index (χ0n) is 13.0. The predicted molar refractivity (Wildman–Crippen MR) is 85.6 cm³/mol. The van der Waals surface area contributed by atoms with Crippen LogP contribution in [0.25, 0.3) is 11.3 Å². The number of nitrogens with one attached hydrogen (secondary N) is 1. The van der Waals surface area contributed by atoms with E-state index in [1.54, 1.807) is 0 Å². The number of aromatic nitrogens is 2. The lowest BCUT2D eigenvalue weighted by Gasteiger charge is -2.21. The Balaban J connectivity index is 1.88. The number of carbonyl (C=O) groups is 1. The molecule has 1 aliphatic heterocycles. The molecule has 0 atom stereocenters. The van der Waals surface area contributed by atoms with Gasteiger partial charge in [-0.2, -0.15) is 0 Å². The van der Waals surface area contributed by atoms with E-state index in [0.717, 1.165) is 35.7 Å². The van der Waals surface area contributed by atoms with E-state index in [2.05, 4.69) is 10.3 Å². The van der Waals surface area contributed by atoms with Gasteiger partial charge < -0.3 is 14.6 Å². The summed E-state index contributed by atoms with van der Waals surface area (Å²) in [7, 11) is 1.92. The highest BCUT2D eigenvalue weighted by Crippen LogP contribution is 2.28. The molecule has 22 heavy (non-hydrogen) atoms. The van der Waals surface area contributed by atoms with Crippen LogP contribution < -0.4 is 5.32 Å². The first kappa shape index (κ1) is 14.8. The Morgan fingerprint density at radius 2 is 1.95 bits per heavy atom. The Hall–Kier alpha value is -2.14. The molecule has 0 radical (unpaired) electrons. The number of nitrogens with zero attached hydrogens (tertiary/aromatic N) is 2. The molecular weight excluding hydrogens is 278 g/mol. The van der Waals surface area contributed by atoms with Crippen LogP contribution in [-0.2, 0) is 16.6 Å². The summed E-state index contributed by atoms with van der Waals surface area (Å²) in [6.45, 7) is 3.26. The minimum absolute atomic E-state index is 0.0209. The zero-order valence-corrected chi connectivity index (χ0v) is 13.0. The molecule has 0 aliphatic carbocycles. The molecule has 116 valence electrons. The van der Waals surface area contributed by atoms with Crippen LogP contribution in [0.5, 0.6) is 0 Å². The van der Waals surface area contributed by atoms with E-state index in [1.807, 2.05) is 48.9 Å². The molecule has 1 fully saturated rings. The predicted octanol–water partition coefficient (Wildman–Crippen LogP) is 2.76. The molecule has 1 N–H and O–H groups in total. The number of aryl methyl sites for hydroxylation is 1. The van der Waals surface area contributed by atoms with Crippen molar-refractivity contribution in [1.29, 1.82) is 0 Å². The number of benzene rings is 1. The van der Waals surface area contributed by atoms with E-state index >= 15 is 0 Å². The Bertz CT molecular complexity index is 658. The average Bonchev–Trinajstić information content (AvgIpc) is 2.85. The van der Waals surface area contributed by atoms with Gasteiger partial charge in [-0.25, -0.2) is 4.98 Å². The fraction of sp³-hybridized carbons (Fsp3) is 0.412. The summed E-state index contributed by atoms with van der Waals surface area (Å²) < 4.78 is 7.25. The number of anilines is 1. The summed E-state index contributed by atoms with van der Waals surface area (Å²) >= 11 is 0. The number of amides is 1. The largest absolute Gasteiger partial charge is 0.381 e. The maximum absolute atomic E-state index is 12.5. The molecule has 1 aromatic heterocycles. The van der Waals surface area contributed by atoms with E-state index in [4.69, 9.17) is 4.74 Å². The van der Waals surface area contributed by atoms with Crippen LogP contribution in [0.4, 0.5) is 5.82 Å².